The van der Waals surface area contributed by atoms with E-state index < -0.39 is 30.4 Å². The molecule has 0 rings (SSSR count). The molecule has 0 aromatic rings. The summed E-state index contributed by atoms with van der Waals surface area (Å²) in [4.78, 5) is 32.7. The van der Waals surface area contributed by atoms with Gasteiger partial charge in [-0.1, -0.05) is 13.8 Å². The Labute approximate surface area is 99.1 Å². The summed E-state index contributed by atoms with van der Waals surface area (Å²) in [7, 11) is 0. The zero-order valence-electron chi connectivity index (χ0n) is 10.2. The van der Waals surface area contributed by atoms with Gasteiger partial charge in [-0.25, -0.2) is 4.79 Å². The molecule has 0 aromatic carbocycles. The van der Waals surface area contributed by atoms with Crippen LogP contribution in [0, 0.1) is 5.92 Å². The fourth-order valence-electron chi connectivity index (χ4n) is 0.747. The Morgan fingerprint density at radius 1 is 1.06 bits per heavy atom. The molecule has 7 nitrogen and oxygen atoms in total. The molecule has 0 aliphatic carbocycles. The molecule has 0 aromatic heterocycles. The van der Waals surface area contributed by atoms with Gasteiger partial charge in [-0.15, -0.1) is 0 Å². The first-order chi connectivity index (χ1) is 7.73. The highest BCUT2D eigenvalue weighted by Gasteiger charge is 2.19. The highest BCUT2D eigenvalue weighted by molar-refractivity contribution is 5.79. The molecule has 0 spiro atoms. The number of nitrogens with one attached hydrogen (secondary N) is 1. The molecule has 0 heterocycles. The first-order valence-electron chi connectivity index (χ1n) is 5.14. The van der Waals surface area contributed by atoms with Crippen LogP contribution in [0.25, 0.3) is 0 Å². The van der Waals surface area contributed by atoms with E-state index >= 15 is 0 Å². The molecule has 98 valence electrons. The number of carboxylic acids is 1. The number of carbonyl (C=O) groups is 3. The van der Waals surface area contributed by atoms with Gasteiger partial charge in [-0.3, -0.25) is 9.59 Å². The van der Waals surface area contributed by atoms with Gasteiger partial charge in [-0.05, 0) is 6.92 Å². The first kappa shape index (κ1) is 15.2. The Bertz CT molecular complexity index is 301. The largest absolute Gasteiger partial charge is 0.480 e. The van der Waals surface area contributed by atoms with Gasteiger partial charge in [-0.2, -0.15) is 0 Å². The number of hydrogen-bond acceptors (Lipinski definition) is 5. The third kappa shape index (κ3) is 6.39. The second kappa shape index (κ2) is 6.72. The Hall–Kier alpha value is -1.79. The summed E-state index contributed by atoms with van der Waals surface area (Å²) in [5, 5.41) is 10.6. The van der Waals surface area contributed by atoms with E-state index in [2.05, 4.69) is 10.1 Å². The molecule has 0 saturated heterocycles. The van der Waals surface area contributed by atoms with Crippen LogP contribution in [0.15, 0.2) is 0 Å². The lowest BCUT2D eigenvalue weighted by molar-refractivity contribution is -0.169. The third-order valence-electron chi connectivity index (χ3n) is 1.73. The molecule has 2 unspecified atom stereocenters. The number of carbonyl (C=O) groups excluding carboxylic acids is 2. The van der Waals surface area contributed by atoms with Crippen LogP contribution in [0.4, 0.5) is 4.79 Å². The topological polar surface area (TPSA) is 102 Å². The van der Waals surface area contributed by atoms with E-state index in [9.17, 15) is 14.4 Å². The van der Waals surface area contributed by atoms with Gasteiger partial charge < -0.3 is 19.9 Å². The molecule has 2 N–H and O–H groups in total. The number of alkyl carbamates (subject to hydrolysis) is 1. The molecule has 0 fully saturated rings. The van der Waals surface area contributed by atoms with Gasteiger partial charge >= 0.3 is 18.0 Å². The lowest BCUT2D eigenvalue weighted by Crippen LogP contribution is -2.40. The SMILES string of the molecule is CC(OC(=O)NC(C)C(=O)O)OC(=O)C(C)C. The minimum absolute atomic E-state index is 0.331. The molecule has 0 saturated carbocycles. The molecular weight excluding hydrogens is 230 g/mol. The van der Waals surface area contributed by atoms with Crippen LogP contribution in [0.2, 0.25) is 0 Å². The van der Waals surface area contributed by atoms with Crippen molar-refractivity contribution < 1.29 is 29.0 Å². The molecule has 17 heavy (non-hydrogen) atoms. The van der Waals surface area contributed by atoms with Crippen molar-refractivity contribution in [2.24, 2.45) is 5.92 Å². The van der Waals surface area contributed by atoms with Crippen molar-refractivity contribution in [3.05, 3.63) is 0 Å². The first-order valence-corrected chi connectivity index (χ1v) is 5.14. The summed E-state index contributed by atoms with van der Waals surface area (Å²) in [6.45, 7) is 5.93. The Kier molecular flexibility index (Phi) is 6.01. The molecule has 2 atom stereocenters. The van der Waals surface area contributed by atoms with Gasteiger partial charge in [0.05, 0.1) is 5.92 Å². The molecular formula is C10H17NO6. The summed E-state index contributed by atoms with van der Waals surface area (Å²) < 4.78 is 9.39. The maximum Gasteiger partial charge on any atom is 0.410 e. The fourth-order valence-corrected chi connectivity index (χ4v) is 0.747. The normalized spacial score (nSPS) is 13.7. The summed E-state index contributed by atoms with van der Waals surface area (Å²) in [6, 6.07) is -1.07. The molecule has 7 heteroatoms. The Morgan fingerprint density at radius 3 is 2.00 bits per heavy atom. The van der Waals surface area contributed by atoms with Crippen molar-refractivity contribution >= 4 is 18.0 Å². The molecule has 0 radical (unpaired) electrons. The number of aliphatic carboxylic acids is 1. The van der Waals surface area contributed by atoms with E-state index in [0.29, 0.717) is 0 Å². The minimum Gasteiger partial charge on any atom is -0.480 e. The third-order valence-corrected chi connectivity index (χ3v) is 1.73. The van der Waals surface area contributed by atoms with Gasteiger partial charge in [0.2, 0.25) is 6.29 Å². The van der Waals surface area contributed by atoms with Crippen molar-refractivity contribution in [3.63, 3.8) is 0 Å². The van der Waals surface area contributed by atoms with E-state index in [1.54, 1.807) is 13.8 Å². The fraction of sp³-hybridized carbons (Fsp3) is 0.700. The molecule has 0 bridgehead atoms. The average molecular weight is 247 g/mol. The predicted molar refractivity (Wildman–Crippen MR) is 57.1 cm³/mol. The molecule has 1 amide bonds. The van der Waals surface area contributed by atoms with Crippen LogP contribution >= 0.6 is 0 Å². The molecule has 0 aliphatic rings. The number of hydrogen-bond donors (Lipinski definition) is 2. The Balaban J connectivity index is 4.04. The Morgan fingerprint density at radius 2 is 1.59 bits per heavy atom. The monoisotopic (exact) mass is 247 g/mol. The summed E-state index contributed by atoms with van der Waals surface area (Å²) in [6.07, 6.45) is -2.02. The highest BCUT2D eigenvalue weighted by atomic mass is 16.7. The van der Waals surface area contributed by atoms with Crippen molar-refractivity contribution in [1.29, 1.82) is 0 Å². The minimum atomic E-state index is -1.19. The standard InChI is InChI=1S/C10H17NO6/c1-5(2)9(14)16-7(4)17-10(15)11-6(3)8(12)13/h5-7H,1-4H3,(H,11,15)(H,12,13). The quantitative estimate of drug-likeness (QED) is 0.548. The zero-order chi connectivity index (χ0) is 13.6. The highest BCUT2D eigenvalue weighted by Crippen LogP contribution is 2.02. The van der Waals surface area contributed by atoms with Gasteiger partial charge in [0, 0.05) is 6.92 Å². The van der Waals surface area contributed by atoms with E-state index in [4.69, 9.17) is 9.84 Å². The van der Waals surface area contributed by atoms with Crippen molar-refractivity contribution in [1.82, 2.24) is 5.32 Å². The maximum atomic E-state index is 11.1. The summed E-state index contributed by atoms with van der Waals surface area (Å²) in [5.41, 5.74) is 0. The van der Waals surface area contributed by atoms with Gasteiger partial charge in [0.15, 0.2) is 0 Å². The van der Waals surface area contributed by atoms with E-state index in [-0.39, 0.29) is 5.92 Å². The smallest absolute Gasteiger partial charge is 0.410 e. The van der Waals surface area contributed by atoms with Crippen molar-refractivity contribution in [3.8, 4) is 0 Å². The van der Waals surface area contributed by atoms with Crippen LogP contribution in [0.5, 0.6) is 0 Å². The number of amides is 1. The van der Waals surface area contributed by atoms with Crippen molar-refractivity contribution in [2.45, 2.75) is 40.0 Å². The second-order valence-electron chi connectivity index (χ2n) is 3.77. The van der Waals surface area contributed by atoms with Gasteiger partial charge in [0.25, 0.3) is 0 Å². The zero-order valence-corrected chi connectivity index (χ0v) is 10.2. The van der Waals surface area contributed by atoms with Crippen LogP contribution in [-0.2, 0) is 19.1 Å². The van der Waals surface area contributed by atoms with E-state index in [0.717, 1.165) is 0 Å². The summed E-state index contributed by atoms with van der Waals surface area (Å²) in [5.74, 6) is -2.02. The number of esters is 1. The summed E-state index contributed by atoms with van der Waals surface area (Å²) >= 11 is 0. The van der Waals surface area contributed by atoms with Gasteiger partial charge in [0.1, 0.15) is 6.04 Å². The number of rotatable bonds is 5. The van der Waals surface area contributed by atoms with Crippen molar-refractivity contribution in [2.75, 3.05) is 0 Å². The molecule has 0 aliphatic heterocycles. The maximum absolute atomic E-state index is 11.1. The lowest BCUT2D eigenvalue weighted by atomic mass is 10.2. The van der Waals surface area contributed by atoms with Crippen LogP contribution < -0.4 is 5.32 Å². The van der Waals surface area contributed by atoms with E-state index in [1.807, 2.05) is 0 Å². The second-order valence-corrected chi connectivity index (χ2v) is 3.77. The lowest BCUT2D eigenvalue weighted by Gasteiger charge is -2.16. The number of carboxylic acid groups (broad SMARTS) is 1. The average Bonchev–Trinajstić information content (AvgIpc) is 2.16. The van der Waals surface area contributed by atoms with Crippen LogP contribution in [0.3, 0.4) is 0 Å². The predicted octanol–water partition coefficient (Wildman–Crippen LogP) is 0.731. The van der Waals surface area contributed by atoms with Crippen LogP contribution in [0.1, 0.15) is 27.7 Å². The number of ether oxygens (including phenoxy) is 2. The van der Waals surface area contributed by atoms with E-state index in [1.165, 1.54) is 13.8 Å². The van der Waals surface area contributed by atoms with Crippen LogP contribution in [-0.4, -0.2) is 35.5 Å².